The molecule has 0 unspecified atom stereocenters. The maximum atomic E-state index is 14.8. The molecule has 0 aliphatic carbocycles. The number of carboxylic acids is 1. The molecule has 2 aromatic carbocycles. The summed E-state index contributed by atoms with van der Waals surface area (Å²) in [4.78, 5) is 38.1. The fraction of sp³-hybridized carbons (Fsp3) is 0.226. The monoisotopic (exact) mass is 583 g/mol. The number of hydrogen-bond donors (Lipinski definition) is 3. The number of aromatic nitrogens is 5. The van der Waals surface area contributed by atoms with Crippen LogP contribution in [0, 0.1) is 25.5 Å². The van der Waals surface area contributed by atoms with Crippen molar-refractivity contribution in [1.29, 1.82) is 0 Å². The normalized spacial score (nSPS) is 16.0. The summed E-state index contributed by atoms with van der Waals surface area (Å²) in [7, 11) is 0. The van der Waals surface area contributed by atoms with Gasteiger partial charge in [0.1, 0.15) is 22.7 Å². The van der Waals surface area contributed by atoms with Gasteiger partial charge in [-0.05, 0) is 56.0 Å². The van der Waals surface area contributed by atoms with E-state index in [1.807, 2.05) is 6.92 Å². The average molecular weight is 584 g/mol. The second-order valence-corrected chi connectivity index (χ2v) is 10.8. The molecule has 1 aliphatic rings. The largest absolute Gasteiger partial charge is 0.481 e. The van der Waals surface area contributed by atoms with Crippen molar-refractivity contribution in [2.24, 2.45) is 0 Å². The van der Waals surface area contributed by atoms with E-state index in [-0.39, 0.29) is 47.5 Å². The summed E-state index contributed by atoms with van der Waals surface area (Å²) < 4.78 is 30.5. The van der Waals surface area contributed by atoms with Gasteiger partial charge in [0.25, 0.3) is 0 Å². The van der Waals surface area contributed by atoms with Crippen LogP contribution in [0.5, 0.6) is 0 Å². The second kappa shape index (κ2) is 10.2. The van der Waals surface area contributed by atoms with Crippen LogP contribution in [0.4, 0.5) is 20.4 Å². The molecule has 0 bridgehead atoms. The van der Waals surface area contributed by atoms with Crippen LogP contribution in [0.25, 0.3) is 22.6 Å². The first-order chi connectivity index (χ1) is 20.5. The summed E-state index contributed by atoms with van der Waals surface area (Å²) in [5, 5.41) is 17.0. The summed E-state index contributed by atoms with van der Waals surface area (Å²) in [5.74, 6) is -2.65. The van der Waals surface area contributed by atoms with Crippen molar-refractivity contribution < 1.29 is 23.5 Å². The highest BCUT2D eigenvalue weighted by Gasteiger charge is 2.47. The van der Waals surface area contributed by atoms with Gasteiger partial charge in [0, 0.05) is 17.7 Å². The third-order valence-electron chi connectivity index (χ3n) is 7.90. The Balaban J connectivity index is 1.41. The Morgan fingerprint density at radius 3 is 2.49 bits per heavy atom. The Hall–Kier alpha value is -5.26. The predicted molar refractivity (Wildman–Crippen MR) is 155 cm³/mol. The van der Waals surface area contributed by atoms with Gasteiger partial charge < -0.3 is 16.2 Å². The van der Waals surface area contributed by atoms with E-state index >= 15 is 0 Å². The highest BCUT2D eigenvalue weighted by atomic mass is 19.2. The topological polar surface area (TPSA) is 149 Å². The van der Waals surface area contributed by atoms with Gasteiger partial charge in [-0.15, -0.1) is 0 Å². The fourth-order valence-electron chi connectivity index (χ4n) is 5.44. The van der Waals surface area contributed by atoms with E-state index in [4.69, 9.17) is 10.8 Å². The second-order valence-electron chi connectivity index (χ2n) is 10.8. The van der Waals surface area contributed by atoms with Gasteiger partial charge in [-0.1, -0.05) is 36.4 Å². The molecule has 218 valence electrons. The Morgan fingerprint density at radius 1 is 1.02 bits per heavy atom. The van der Waals surface area contributed by atoms with Crippen molar-refractivity contribution in [2.45, 2.75) is 45.6 Å². The summed E-state index contributed by atoms with van der Waals surface area (Å²) in [6, 6.07) is 13.7. The van der Waals surface area contributed by atoms with Gasteiger partial charge in [0.15, 0.2) is 23.1 Å². The molecule has 0 fully saturated rings. The summed E-state index contributed by atoms with van der Waals surface area (Å²) in [6.07, 6.45) is 0.365. The molecule has 6 rings (SSSR count). The molecule has 0 saturated heterocycles. The van der Waals surface area contributed by atoms with Gasteiger partial charge in [-0.2, -0.15) is 5.10 Å². The molecular weight excluding hydrogens is 556 g/mol. The Morgan fingerprint density at radius 2 is 1.77 bits per heavy atom. The lowest BCUT2D eigenvalue weighted by Gasteiger charge is -2.23. The molecule has 4 N–H and O–H groups in total. The molecule has 1 aliphatic heterocycles. The number of pyridine rings is 1. The molecule has 0 radical (unpaired) electrons. The molecule has 10 nitrogen and oxygen atoms in total. The SMILES string of the molecule is Cc1ccc2c(-c3nc(N)c4c(n3)NC(=O)[C@]4(C)c3ccc(CCC(=O)O)cc3)nn(Cc3ccc(C)c(F)c3F)c2n1. The smallest absolute Gasteiger partial charge is 0.303 e. The third kappa shape index (κ3) is 4.64. The minimum absolute atomic E-state index is 0.000120. The lowest BCUT2D eigenvalue weighted by molar-refractivity contribution is -0.137. The average Bonchev–Trinajstić information content (AvgIpc) is 3.46. The molecule has 1 amide bonds. The first-order valence-corrected chi connectivity index (χ1v) is 13.6. The van der Waals surface area contributed by atoms with Gasteiger partial charge in [0.2, 0.25) is 5.91 Å². The number of halogens is 2. The van der Waals surface area contributed by atoms with Crippen LogP contribution in [-0.2, 0) is 28.0 Å². The van der Waals surface area contributed by atoms with Crippen molar-refractivity contribution >= 4 is 34.5 Å². The van der Waals surface area contributed by atoms with Crippen molar-refractivity contribution in [3.05, 3.63) is 93.7 Å². The number of benzene rings is 2. The van der Waals surface area contributed by atoms with Crippen molar-refractivity contribution in [2.75, 3.05) is 11.1 Å². The van der Waals surface area contributed by atoms with Crippen LogP contribution in [0.3, 0.4) is 0 Å². The number of rotatable bonds is 7. The van der Waals surface area contributed by atoms with E-state index in [2.05, 4.69) is 25.4 Å². The number of anilines is 2. The number of nitrogens with two attached hydrogens (primary N) is 1. The van der Waals surface area contributed by atoms with Crippen molar-refractivity contribution in [1.82, 2.24) is 24.7 Å². The molecule has 12 heteroatoms. The predicted octanol–water partition coefficient (Wildman–Crippen LogP) is 4.69. The number of hydrogen-bond acceptors (Lipinski definition) is 7. The number of nitrogen functional groups attached to an aromatic ring is 1. The number of nitrogens with one attached hydrogen (secondary N) is 1. The zero-order valence-corrected chi connectivity index (χ0v) is 23.6. The Kier molecular flexibility index (Phi) is 6.63. The first-order valence-electron chi connectivity index (χ1n) is 13.6. The first kappa shape index (κ1) is 27.9. The zero-order chi connectivity index (χ0) is 30.6. The van der Waals surface area contributed by atoms with Crippen LogP contribution >= 0.6 is 0 Å². The number of aryl methyl sites for hydroxylation is 3. The molecule has 1 atom stereocenters. The van der Waals surface area contributed by atoms with E-state index in [0.717, 1.165) is 5.56 Å². The summed E-state index contributed by atoms with van der Waals surface area (Å²) >= 11 is 0. The molecule has 0 saturated carbocycles. The quantitative estimate of drug-likeness (QED) is 0.250. The van der Waals surface area contributed by atoms with Crippen LogP contribution in [-0.4, -0.2) is 41.7 Å². The molecule has 3 aromatic heterocycles. The maximum absolute atomic E-state index is 14.8. The standard InChI is InChI=1S/C31H27F2N7O3/c1-15-4-9-18(24(33)23(15)32)14-40-29-20(12-5-16(2)35-29)25(39-40)28-36-26(34)22-27(37-28)38-30(43)31(22,3)19-10-6-17(7-11-19)8-13-21(41)42/h4-7,9-12H,8,13-14H2,1-3H3,(H,41,42)(H3,34,36,37,38,43)/t31-/m1/s1. The number of aliphatic carboxylic acids is 1. The van der Waals surface area contributed by atoms with Gasteiger partial charge in [0.05, 0.1) is 17.5 Å². The van der Waals surface area contributed by atoms with Crippen LogP contribution in [0.2, 0.25) is 0 Å². The summed E-state index contributed by atoms with van der Waals surface area (Å²) in [5.41, 5.74) is 8.92. The number of carboxylic acid groups (broad SMARTS) is 1. The van der Waals surface area contributed by atoms with E-state index in [1.54, 1.807) is 43.3 Å². The zero-order valence-electron chi connectivity index (χ0n) is 23.6. The molecule has 5 aromatic rings. The van der Waals surface area contributed by atoms with E-state index in [0.29, 0.717) is 40.0 Å². The van der Waals surface area contributed by atoms with Gasteiger partial charge in [-0.25, -0.2) is 28.4 Å². The van der Waals surface area contributed by atoms with Crippen LogP contribution in [0.1, 0.15) is 46.9 Å². The molecule has 0 spiro atoms. The van der Waals surface area contributed by atoms with Crippen LogP contribution in [0.15, 0.2) is 48.5 Å². The molecule has 4 heterocycles. The molecular formula is C31H27F2N7O3. The van der Waals surface area contributed by atoms with E-state index < -0.39 is 23.0 Å². The Labute approximate surface area is 244 Å². The van der Waals surface area contributed by atoms with E-state index in [9.17, 15) is 18.4 Å². The summed E-state index contributed by atoms with van der Waals surface area (Å²) in [6.45, 7) is 4.94. The number of amides is 1. The van der Waals surface area contributed by atoms with Gasteiger partial charge >= 0.3 is 5.97 Å². The highest BCUT2D eigenvalue weighted by Crippen LogP contribution is 2.45. The van der Waals surface area contributed by atoms with Crippen molar-refractivity contribution in [3.63, 3.8) is 0 Å². The lowest BCUT2D eigenvalue weighted by atomic mass is 9.77. The fourth-order valence-corrected chi connectivity index (χ4v) is 5.44. The number of carbonyl (C=O) groups excluding carboxylic acids is 1. The number of fused-ring (bicyclic) bond motifs is 2. The highest BCUT2D eigenvalue weighted by molar-refractivity contribution is 6.09. The maximum Gasteiger partial charge on any atom is 0.303 e. The Bertz CT molecular complexity index is 1960. The van der Waals surface area contributed by atoms with Crippen LogP contribution < -0.4 is 11.1 Å². The minimum atomic E-state index is -1.20. The third-order valence-corrected chi connectivity index (χ3v) is 7.90. The van der Waals surface area contributed by atoms with Crippen molar-refractivity contribution in [3.8, 4) is 11.5 Å². The molecule has 43 heavy (non-hydrogen) atoms. The van der Waals surface area contributed by atoms with E-state index in [1.165, 1.54) is 23.7 Å². The number of nitrogens with zero attached hydrogens (tertiary/aromatic N) is 5. The minimum Gasteiger partial charge on any atom is -0.481 e. The number of carbonyl (C=O) groups is 2. The van der Waals surface area contributed by atoms with Gasteiger partial charge in [-0.3, -0.25) is 9.59 Å². The lowest BCUT2D eigenvalue weighted by Crippen LogP contribution is -2.33.